The van der Waals surface area contributed by atoms with Crippen LogP contribution in [0.3, 0.4) is 0 Å². The third-order valence-corrected chi connectivity index (χ3v) is 5.25. The van der Waals surface area contributed by atoms with E-state index in [4.69, 9.17) is 0 Å². The van der Waals surface area contributed by atoms with Gasteiger partial charge in [0.05, 0.1) is 6.26 Å². The van der Waals surface area contributed by atoms with Gasteiger partial charge in [0.2, 0.25) is 10.0 Å². The summed E-state index contributed by atoms with van der Waals surface area (Å²) in [6.07, 6.45) is 3.06. The van der Waals surface area contributed by atoms with Crippen molar-refractivity contribution in [3.05, 3.63) is 41.0 Å². The number of rotatable bonds is 6. The van der Waals surface area contributed by atoms with Crippen molar-refractivity contribution in [1.82, 2.24) is 10.0 Å². The molecule has 0 bridgehead atoms. The molecule has 27 heavy (non-hydrogen) atoms. The van der Waals surface area contributed by atoms with Crippen LogP contribution in [0.15, 0.2) is 29.8 Å². The molecule has 0 aliphatic carbocycles. The topological polar surface area (TPSA) is 92.3 Å². The van der Waals surface area contributed by atoms with Gasteiger partial charge in [-0.25, -0.2) is 13.1 Å². The zero-order chi connectivity index (χ0) is 20.4. The summed E-state index contributed by atoms with van der Waals surface area (Å²) >= 11 is 0. The van der Waals surface area contributed by atoms with Crippen molar-refractivity contribution in [2.24, 2.45) is 5.92 Å². The van der Waals surface area contributed by atoms with Crippen molar-refractivity contribution in [2.45, 2.75) is 52.5 Å². The molecule has 1 aliphatic heterocycles. The lowest BCUT2D eigenvalue weighted by atomic mass is 9.79. The molecule has 6 nitrogen and oxygen atoms in total. The Balaban J connectivity index is 2.52. The zero-order valence-corrected chi connectivity index (χ0v) is 17.4. The van der Waals surface area contributed by atoms with Gasteiger partial charge in [0.25, 0.3) is 11.8 Å². The van der Waals surface area contributed by atoms with Crippen LogP contribution in [0.4, 0.5) is 0 Å². The highest BCUT2D eigenvalue weighted by Gasteiger charge is 2.39. The van der Waals surface area contributed by atoms with Gasteiger partial charge in [0, 0.05) is 5.54 Å². The first-order chi connectivity index (χ1) is 12.4. The maximum absolute atomic E-state index is 12.8. The summed E-state index contributed by atoms with van der Waals surface area (Å²) in [6, 6.07) is 7.54. The largest absolute Gasteiger partial charge is 0.346 e. The second-order valence-corrected chi connectivity index (χ2v) is 9.80. The number of carbonyl (C=O) groups excluding carboxylic acids is 2. The van der Waals surface area contributed by atoms with E-state index in [-0.39, 0.29) is 5.57 Å². The molecule has 2 N–H and O–H groups in total. The molecule has 1 aromatic carbocycles. The molecule has 148 valence electrons. The van der Waals surface area contributed by atoms with E-state index in [1.807, 2.05) is 42.8 Å². The van der Waals surface area contributed by atoms with E-state index in [1.165, 1.54) is 0 Å². The van der Waals surface area contributed by atoms with Gasteiger partial charge in [-0.05, 0) is 50.2 Å². The second kappa shape index (κ2) is 7.84. The Bertz CT molecular complexity index is 870. The number of nitrogens with one attached hydrogen (secondary N) is 2. The van der Waals surface area contributed by atoms with E-state index in [0.29, 0.717) is 17.9 Å². The number of amides is 2. The second-order valence-electron chi connectivity index (χ2n) is 8.05. The highest BCUT2D eigenvalue weighted by Crippen LogP contribution is 2.35. The van der Waals surface area contributed by atoms with Gasteiger partial charge in [-0.3, -0.25) is 9.59 Å². The van der Waals surface area contributed by atoms with Crippen molar-refractivity contribution >= 4 is 27.4 Å². The standard InChI is InChI=1S/C20H28N2O4S/c1-13(2)10-11-20(4)12-16(15-8-6-14(3)7-9-15)17(18(23)21-20)19(24)22-27(5,25)26/h6-9,13H,10-12H2,1-5H3,(H,21,23)(H,22,24). The normalized spacial score (nSPS) is 20.6. The van der Waals surface area contributed by atoms with Crippen LogP contribution in [-0.2, 0) is 19.6 Å². The average Bonchev–Trinajstić information content (AvgIpc) is 2.51. The Morgan fingerprint density at radius 1 is 1.26 bits per heavy atom. The molecule has 1 aliphatic rings. The van der Waals surface area contributed by atoms with Gasteiger partial charge in [0.15, 0.2) is 0 Å². The van der Waals surface area contributed by atoms with Crippen LogP contribution in [0.25, 0.3) is 5.57 Å². The molecular formula is C20H28N2O4S. The maximum atomic E-state index is 12.8. The summed E-state index contributed by atoms with van der Waals surface area (Å²) < 4.78 is 24.9. The third kappa shape index (κ3) is 5.66. The van der Waals surface area contributed by atoms with Crippen LogP contribution in [0, 0.1) is 12.8 Å². The minimum absolute atomic E-state index is 0.133. The van der Waals surface area contributed by atoms with Crippen LogP contribution in [0.5, 0.6) is 0 Å². The molecule has 0 spiro atoms. The Morgan fingerprint density at radius 3 is 2.37 bits per heavy atom. The quantitative estimate of drug-likeness (QED) is 0.728. The zero-order valence-electron chi connectivity index (χ0n) is 16.5. The Hall–Kier alpha value is -2.15. The minimum atomic E-state index is -3.77. The van der Waals surface area contributed by atoms with E-state index in [0.717, 1.165) is 30.2 Å². The fourth-order valence-electron chi connectivity index (χ4n) is 3.22. The predicted octanol–water partition coefficient (Wildman–Crippen LogP) is 2.54. The van der Waals surface area contributed by atoms with Gasteiger partial charge in [-0.15, -0.1) is 0 Å². The highest BCUT2D eigenvalue weighted by molar-refractivity contribution is 7.89. The van der Waals surface area contributed by atoms with Crippen LogP contribution < -0.4 is 10.0 Å². The highest BCUT2D eigenvalue weighted by atomic mass is 32.2. The van der Waals surface area contributed by atoms with Crippen LogP contribution in [-0.4, -0.2) is 32.0 Å². The fourth-order valence-corrected chi connectivity index (χ4v) is 3.65. The van der Waals surface area contributed by atoms with Crippen molar-refractivity contribution in [2.75, 3.05) is 6.26 Å². The molecule has 0 aromatic heterocycles. The van der Waals surface area contributed by atoms with E-state index in [9.17, 15) is 18.0 Å². The maximum Gasteiger partial charge on any atom is 0.270 e. The van der Waals surface area contributed by atoms with Crippen LogP contribution in [0.1, 0.15) is 51.2 Å². The summed E-state index contributed by atoms with van der Waals surface area (Å²) in [5.74, 6) is -0.943. The summed E-state index contributed by atoms with van der Waals surface area (Å²) in [5, 5.41) is 2.92. The van der Waals surface area contributed by atoms with Gasteiger partial charge >= 0.3 is 0 Å². The first kappa shape index (κ1) is 21.2. The number of hydrogen-bond donors (Lipinski definition) is 2. The van der Waals surface area contributed by atoms with Crippen molar-refractivity contribution in [3.63, 3.8) is 0 Å². The summed E-state index contributed by atoms with van der Waals surface area (Å²) in [4.78, 5) is 25.4. The third-order valence-electron chi connectivity index (χ3n) is 4.69. The molecule has 0 radical (unpaired) electrons. The molecule has 7 heteroatoms. The first-order valence-electron chi connectivity index (χ1n) is 9.05. The molecule has 0 saturated heterocycles. The van der Waals surface area contributed by atoms with Gasteiger partial charge < -0.3 is 5.32 Å². The monoisotopic (exact) mass is 392 g/mol. The lowest BCUT2D eigenvalue weighted by Crippen LogP contribution is -2.52. The van der Waals surface area contributed by atoms with Crippen molar-refractivity contribution in [3.8, 4) is 0 Å². The number of sulfonamides is 1. The summed E-state index contributed by atoms with van der Waals surface area (Å²) in [6.45, 7) is 8.16. The molecule has 1 heterocycles. The molecule has 1 atom stereocenters. The van der Waals surface area contributed by atoms with E-state index < -0.39 is 27.4 Å². The fraction of sp³-hybridized carbons (Fsp3) is 0.500. The van der Waals surface area contributed by atoms with Crippen molar-refractivity contribution in [1.29, 1.82) is 0 Å². The SMILES string of the molecule is Cc1ccc(C2=C(C(=O)NS(C)(=O)=O)C(=O)NC(C)(CCC(C)C)C2)cc1. The predicted molar refractivity (Wildman–Crippen MR) is 106 cm³/mol. The van der Waals surface area contributed by atoms with Crippen molar-refractivity contribution < 1.29 is 18.0 Å². The molecule has 1 unspecified atom stereocenters. The number of aryl methyl sites for hydroxylation is 1. The van der Waals surface area contributed by atoms with Gasteiger partial charge in [-0.2, -0.15) is 0 Å². The lowest BCUT2D eigenvalue weighted by molar-refractivity contribution is -0.124. The number of carbonyl (C=O) groups is 2. The van der Waals surface area contributed by atoms with E-state index in [1.54, 1.807) is 0 Å². The average molecular weight is 393 g/mol. The molecule has 2 rings (SSSR count). The Morgan fingerprint density at radius 2 is 1.85 bits per heavy atom. The Labute approximate surface area is 161 Å². The smallest absolute Gasteiger partial charge is 0.270 e. The Kier molecular flexibility index (Phi) is 6.14. The molecule has 1 aromatic rings. The first-order valence-corrected chi connectivity index (χ1v) is 10.9. The summed E-state index contributed by atoms with van der Waals surface area (Å²) in [7, 11) is -3.77. The van der Waals surface area contributed by atoms with Gasteiger partial charge in [-0.1, -0.05) is 43.7 Å². The van der Waals surface area contributed by atoms with E-state index in [2.05, 4.69) is 19.2 Å². The molecule has 2 amide bonds. The lowest BCUT2D eigenvalue weighted by Gasteiger charge is -2.37. The number of hydrogen-bond acceptors (Lipinski definition) is 4. The van der Waals surface area contributed by atoms with E-state index >= 15 is 0 Å². The molecule has 0 fully saturated rings. The van der Waals surface area contributed by atoms with Gasteiger partial charge in [0.1, 0.15) is 5.57 Å². The summed E-state index contributed by atoms with van der Waals surface area (Å²) in [5.41, 5.74) is 1.77. The van der Waals surface area contributed by atoms with Crippen LogP contribution >= 0.6 is 0 Å². The molecular weight excluding hydrogens is 364 g/mol. The molecule has 0 saturated carbocycles. The minimum Gasteiger partial charge on any atom is -0.346 e. The van der Waals surface area contributed by atoms with Crippen LogP contribution in [0.2, 0.25) is 0 Å². The number of benzene rings is 1.